The highest BCUT2D eigenvalue weighted by molar-refractivity contribution is 7.18. The third kappa shape index (κ3) is 2.69. The molecule has 0 aromatic carbocycles. The fourth-order valence-corrected chi connectivity index (χ4v) is 4.15. The minimum absolute atomic E-state index is 0.174. The first kappa shape index (κ1) is 13.9. The molecule has 1 aliphatic carbocycles. The maximum Gasteiger partial charge on any atom is 0.174 e. The standard InChI is InChI=1S/C15H23N3OS/c1-2-11(19)14-13(16)12(9-3-4-9)15(20-14)18-10-5-7-17-8-6-10/h9-10,17-18H,2-8,16H2,1H3. The van der Waals surface area contributed by atoms with E-state index in [1.165, 1.54) is 18.4 Å². The van der Waals surface area contributed by atoms with Crippen LogP contribution in [-0.4, -0.2) is 24.9 Å². The molecule has 1 aliphatic heterocycles. The second kappa shape index (κ2) is 5.74. The number of nitrogen functional groups attached to an aromatic ring is 1. The van der Waals surface area contributed by atoms with Crippen LogP contribution in [0, 0.1) is 0 Å². The van der Waals surface area contributed by atoms with Gasteiger partial charge in [-0.1, -0.05) is 6.92 Å². The van der Waals surface area contributed by atoms with Crippen molar-refractivity contribution in [1.29, 1.82) is 0 Å². The van der Waals surface area contributed by atoms with E-state index >= 15 is 0 Å². The zero-order chi connectivity index (χ0) is 14.1. The lowest BCUT2D eigenvalue weighted by atomic mass is 10.1. The number of nitrogens with two attached hydrogens (primary N) is 1. The molecule has 0 amide bonds. The predicted molar refractivity (Wildman–Crippen MR) is 84.8 cm³/mol. The zero-order valence-electron chi connectivity index (χ0n) is 12.0. The van der Waals surface area contributed by atoms with Crippen molar-refractivity contribution in [3.63, 3.8) is 0 Å². The summed E-state index contributed by atoms with van der Waals surface area (Å²) < 4.78 is 0. The van der Waals surface area contributed by atoms with E-state index in [0.717, 1.165) is 41.5 Å². The van der Waals surface area contributed by atoms with Crippen molar-refractivity contribution in [2.75, 3.05) is 24.1 Å². The summed E-state index contributed by atoms with van der Waals surface area (Å²) in [5.41, 5.74) is 8.24. The first-order chi connectivity index (χ1) is 9.70. The number of hydrogen-bond acceptors (Lipinski definition) is 5. The molecule has 1 aromatic rings. The Morgan fingerprint density at radius 1 is 1.35 bits per heavy atom. The summed E-state index contributed by atoms with van der Waals surface area (Å²) in [4.78, 5) is 12.8. The molecule has 4 nitrogen and oxygen atoms in total. The Morgan fingerprint density at radius 2 is 2.05 bits per heavy atom. The summed E-state index contributed by atoms with van der Waals surface area (Å²) in [6.07, 6.45) is 5.22. The molecule has 0 unspecified atom stereocenters. The van der Waals surface area contributed by atoms with Crippen molar-refractivity contribution in [3.8, 4) is 0 Å². The highest BCUT2D eigenvalue weighted by atomic mass is 32.1. The van der Waals surface area contributed by atoms with E-state index in [9.17, 15) is 4.79 Å². The Kier molecular flexibility index (Phi) is 3.98. The Morgan fingerprint density at radius 3 is 2.65 bits per heavy atom. The predicted octanol–water partition coefficient (Wildman–Crippen LogP) is 2.96. The van der Waals surface area contributed by atoms with Gasteiger partial charge < -0.3 is 16.4 Å². The highest BCUT2D eigenvalue weighted by Gasteiger charge is 2.33. The lowest BCUT2D eigenvalue weighted by molar-refractivity contribution is 0.0993. The number of rotatable bonds is 5. The van der Waals surface area contributed by atoms with Crippen molar-refractivity contribution < 1.29 is 4.79 Å². The summed E-state index contributed by atoms with van der Waals surface area (Å²) in [5.74, 6) is 0.752. The Bertz CT molecular complexity index is 501. The maximum atomic E-state index is 12.0. The van der Waals surface area contributed by atoms with Crippen LogP contribution < -0.4 is 16.4 Å². The van der Waals surface area contributed by atoms with E-state index in [4.69, 9.17) is 5.73 Å². The fourth-order valence-electron chi connectivity index (χ4n) is 2.86. The molecular formula is C15H23N3OS. The molecule has 1 saturated carbocycles. The van der Waals surface area contributed by atoms with Crippen molar-refractivity contribution in [2.45, 2.75) is 51.0 Å². The van der Waals surface area contributed by atoms with Crippen LogP contribution in [0.2, 0.25) is 0 Å². The van der Waals surface area contributed by atoms with E-state index in [0.29, 0.717) is 18.4 Å². The Hall–Kier alpha value is -1.07. The monoisotopic (exact) mass is 293 g/mol. The van der Waals surface area contributed by atoms with Crippen molar-refractivity contribution >= 4 is 27.8 Å². The Balaban J connectivity index is 1.86. The number of nitrogens with one attached hydrogen (secondary N) is 2. The SMILES string of the molecule is CCC(=O)c1sc(NC2CCNCC2)c(C2CC2)c1N. The first-order valence-corrected chi connectivity index (χ1v) is 8.45. The molecule has 1 aromatic heterocycles. The van der Waals surface area contributed by atoms with Gasteiger partial charge in [0.25, 0.3) is 0 Å². The molecule has 2 heterocycles. The minimum atomic E-state index is 0.174. The van der Waals surface area contributed by atoms with Crippen LogP contribution in [0.1, 0.15) is 60.2 Å². The quantitative estimate of drug-likeness (QED) is 0.730. The third-order valence-electron chi connectivity index (χ3n) is 4.22. The van der Waals surface area contributed by atoms with E-state index < -0.39 is 0 Å². The number of anilines is 2. The first-order valence-electron chi connectivity index (χ1n) is 7.63. The largest absolute Gasteiger partial charge is 0.397 e. The molecule has 0 atom stereocenters. The topological polar surface area (TPSA) is 67.2 Å². The van der Waals surface area contributed by atoms with Gasteiger partial charge in [0.2, 0.25) is 0 Å². The maximum absolute atomic E-state index is 12.0. The summed E-state index contributed by atoms with van der Waals surface area (Å²) in [6, 6.07) is 0.511. The lowest BCUT2D eigenvalue weighted by Gasteiger charge is -2.24. The number of hydrogen-bond donors (Lipinski definition) is 3. The molecule has 4 N–H and O–H groups in total. The van der Waals surface area contributed by atoms with Gasteiger partial charge in [-0.3, -0.25) is 4.79 Å². The normalized spacial score (nSPS) is 20.1. The molecule has 1 saturated heterocycles. The molecule has 0 spiro atoms. The zero-order valence-corrected chi connectivity index (χ0v) is 12.8. The molecule has 2 aliphatic rings. The summed E-state index contributed by atoms with van der Waals surface area (Å²) in [6.45, 7) is 4.04. The molecule has 3 rings (SSSR count). The number of carbonyl (C=O) groups excluding carboxylic acids is 1. The van der Waals surface area contributed by atoms with Crippen LogP contribution in [0.25, 0.3) is 0 Å². The van der Waals surface area contributed by atoms with Gasteiger partial charge in [-0.15, -0.1) is 11.3 Å². The van der Waals surface area contributed by atoms with Crippen LogP contribution in [0.3, 0.4) is 0 Å². The van der Waals surface area contributed by atoms with Crippen molar-refractivity contribution in [3.05, 3.63) is 10.4 Å². The van der Waals surface area contributed by atoms with Gasteiger partial charge in [0.15, 0.2) is 5.78 Å². The van der Waals surface area contributed by atoms with Crippen molar-refractivity contribution in [2.24, 2.45) is 0 Å². The average molecular weight is 293 g/mol. The van der Waals surface area contributed by atoms with Crippen molar-refractivity contribution in [1.82, 2.24) is 5.32 Å². The molecule has 5 heteroatoms. The molecular weight excluding hydrogens is 270 g/mol. The number of Topliss-reactive ketones (excluding diaryl/α,β-unsaturated/α-hetero) is 1. The number of carbonyl (C=O) groups is 1. The average Bonchev–Trinajstić information content (AvgIpc) is 3.24. The summed E-state index contributed by atoms with van der Waals surface area (Å²) in [7, 11) is 0. The van der Waals surface area contributed by atoms with E-state index in [1.54, 1.807) is 11.3 Å². The Labute approximate surface area is 124 Å². The van der Waals surface area contributed by atoms with Gasteiger partial charge in [0, 0.05) is 18.0 Å². The van der Waals surface area contributed by atoms with Crippen LogP contribution in [0.4, 0.5) is 10.7 Å². The summed E-state index contributed by atoms with van der Waals surface area (Å²) in [5, 5.41) is 8.20. The second-order valence-electron chi connectivity index (χ2n) is 5.81. The van der Waals surface area contributed by atoms with Crippen LogP contribution in [-0.2, 0) is 0 Å². The smallest absolute Gasteiger partial charge is 0.174 e. The molecule has 0 radical (unpaired) electrons. The lowest BCUT2D eigenvalue weighted by Crippen LogP contribution is -2.35. The third-order valence-corrected chi connectivity index (χ3v) is 5.41. The van der Waals surface area contributed by atoms with Gasteiger partial charge >= 0.3 is 0 Å². The number of thiophene rings is 1. The number of ketones is 1. The van der Waals surface area contributed by atoms with Crippen LogP contribution in [0.15, 0.2) is 0 Å². The minimum Gasteiger partial charge on any atom is -0.397 e. The fraction of sp³-hybridized carbons (Fsp3) is 0.667. The van der Waals surface area contributed by atoms with Gasteiger partial charge in [-0.2, -0.15) is 0 Å². The van der Waals surface area contributed by atoms with Gasteiger partial charge in [-0.25, -0.2) is 0 Å². The molecule has 2 fully saturated rings. The van der Waals surface area contributed by atoms with Gasteiger partial charge in [-0.05, 0) is 44.7 Å². The van der Waals surface area contributed by atoms with Crippen LogP contribution >= 0.6 is 11.3 Å². The van der Waals surface area contributed by atoms with Gasteiger partial charge in [0.1, 0.15) is 0 Å². The summed E-state index contributed by atoms with van der Waals surface area (Å²) >= 11 is 1.57. The van der Waals surface area contributed by atoms with Gasteiger partial charge in [0.05, 0.1) is 15.6 Å². The van der Waals surface area contributed by atoms with E-state index in [2.05, 4.69) is 10.6 Å². The highest BCUT2D eigenvalue weighted by Crippen LogP contribution is 2.51. The van der Waals surface area contributed by atoms with E-state index in [1.807, 2.05) is 6.92 Å². The number of piperidine rings is 1. The molecule has 20 heavy (non-hydrogen) atoms. The molecule has 110 valence electrons. The molecule has 0 bridgehead atoms. The second-order valence-corrected chi connectivity index (χ2v) is 6.83. The van der Waals surface area contributed by atoms with Crippen LogP contribution in [0.5, 0.6) is 0 Å². The van der Waals surface area contributed by atoms with E-state index in [-0.39, 0.29) is 5.78 Å².